The van der Waals surface area contributed by atoms with Crippen LogP contribution in [0.15, 0.2) is 89.3 Å². The standard InChI is InChI=1S/C27H24F2N2O2/c1-19-5-11-24(12-6-19)30-27(32)26-14-13-25(33-26)18-31(16-20-7-9-22(28)10-8-20)17-21-3-2-4-23(29)15-21/h2-15H,16-18H2,1H3,(H,30,32). The van der Waals surface area contributed by atoms with Crippen molar-refractivity contribution < 1.29 is 18.0 Å². The van der Waals surface area contributed by atoms with E-state index in [0.29, 0.717) is 31.1 Å². The van der Waals surface area contributed by atoms with Crippen LogP contribution >= 0.6 is 0 Å². The summed E-state index contributed by atoms with van der Waals surface area (Å²) in [5, 5.41) is 2.82. The van der Waals surface area contributed by atoms with Crippen molar-refractivity contribution in [2.24, 2.45) is 0 Å². The van der Waals surface area contributed by atoms with Crippen LogP contribution in [0.4, 0.5) is 14.5 Å². The zero-order chi connectivity index (χ0) is 23.2. The Labute approximate surface area is 191 Å². The van der Waals surface area contributed by atoms with Gasteiger partial charge in [0.05, 0.1) is 6.54 Å². The van der Waals surface area contributed by atoms with Gasteiger partial charge < -0.3 is 9.73 Å². The number of nitrogens with zero attached hydrogens (tertiary/aromatic N) is 1. The molecule has 0 aliphatic carbocycles. The van der Waals surface area contributed by atoms with Gasteiger partial charge in [0.25, 0.3) is 5.91 Å². The molecule has 0 fully saturated rings. The summed E-state index contributed by atoms with van der Waals surface area (Å²) in [6.45, 7) is 3.33. The second-order valence-corrected chi connectivity index (χ2v) is 7.99. The van der Waals surface area contributed by atoms with E-state index in [9.17, 15) is 13.6 Å². The van der Waals surface area contributed by atoms with Gasteiger partial charge in [-0.05, 0) is 66.6 Å². The summed E-state index contributed by atoms with van der Waals surface area (Å²) >= 11 is 0. The topological polar surface area (TPSA) is 45.5 Å². The summed E-state index contributed by atoms with van der Waals surface area (Å²) in [7, 11) is 0. The fraction of sp³-hybridized carbons (Fsp3) is 0.148. The van der Waals surface area contributed by atoms with Gasteiger partial charge in [-0.3, -0.25) is 9.69 Å². The van der Waals surface area contributed by atoms with Crippen molar-refractivity contribution in [1.82, 2.24) is 4.90 Å². The average Bonchev–Trinajstić information content (AvgIpc) is 3.25. The minimum absolute atomic E-state index is 0.207. The number of carbonyl (C=O) groups excluding carboxylic acids is 1. The largest absolute Gasteiger partial charge is 0.455 e. The lowest BCUT2D eigenvalue weighted by Gasteiger charge is -2.21. The van der Waals surface area contributed by atoms with Gasteiger partial charge >= 0.3 is 0 Å². The van der Waals surface area contributed by atoms with Gasteiger partial charge in [0.1, 0.15) is 17.4 Å². The van der Waals surface area contributed by atoms with Gasteiger partial charge in [-0.25, -0.2) is 8.78 Å². The number of furan rings is 1. The Morgan fingerprint density at radius 3 is 2.27 bits per heavy atom. The van der Waals surface area contributed by atoms with Gasteiger partial charge in [0.15, 0.2) is 5.76 Å². The van der Waals surface area contributed by atoms with Crippen molar-refractivity contribution in [3.63, 3.8) is 0 Å². The first kappa shape index (κ1) is 22.4. The minimum atomic E-state index is -0.333. The van der Waals surface area contributed by atoms with Crippen molar-refractivity contribution in [2.45, 2.75) is 26.6 Å². The molecular weight excluding hydrogens is 422 g/mol. The van der Waals surface area contributed by atoms with Crippen LogP contribution in [0.5, 0.6) is 0 Å². The number of benzene rings is 3. The molecule has 4 nitrogen and oxygen atoms in total. The van der Waals surface area contributed by atoms with E-state index in [2.05, 4.69) is 5.32 Å². The van der Waals surface area contributed by atoms with Crippen LogP contribution in [0.3, 0.4) is 0 Å². The zero-order valence-corrected chi connectivity index (χ0v) is 18.2. The molecule has 0 spiro atoms. The molecule has 4 aromatic rings. The molecule has 1 aromatic heterocycles. The molecule has 3 aromatic carbocycles. The first-order valence-corrected chi connectivity index (χ1v) is 10.6. The second kappa shape index (κ2) is 10.2. The van der Waals surface area contributed by atoms with Gasteiger partial charge in [0, 0.05) is 18.8 Å². The fourth-order valence-electron chi connectivity index (χ4n) is 3.54. The molecule has 168 valence electrons. The molecule has 0 aliphatic heterocycles. The third kappa shape index (κ3) is 6.37. The Balaban J connectivity index is 1.48. The monoisotopic (exact) mass is 446 g/mol. The summed E-state index contributed by atoms with van der Waals surface area (Å²) in [6.07, 6.45) is 0. The lowest BCUT2D eigenvalue weighted by Crippen LogP contribution is -2.22. The second-order valence-electron chi connectivity index (χ2n) is 7.99. The quantitative estimate of drug-likeness (QED) is 0.344. The van der Waals surface area contributed by atoms with Gasteiger partial charge in [0.2, 0.25) is 0 Å². The number of rotatable bonds is 8. The average molecular weight is 446 g/mol. The molecule has 0 bridgehead atoms. The molecule has 0 unspecified atom stereocenters. The number of hydrogen-bond acceptors (Lipinski definition) is 3. The van der Waals surface area contributed by atoms with Gasteiger partial charge in [-0.2, -0.15) is 0 Å². The van der Waals surface area contributed by atoms with Crippen LogP contribution in [-0.2, 0) is 19.6 Å². The highest BCUT2D eigenvalue weighted by molar-refractivity contribution is 6.02. The Morgan fingerprint density at radius 2 is 1.55 bits per heavy atom. The highest BCUT2D eigenvalue weighted by Crippen LogP contribution is 2.18. The maximum Gasteiger partial charge on any atom is 0.291 e. The molecular formula is C27H24F2N2O2. The first-order chi connectivity index (χ1) is 15.9. The Hall–Kier alpha value is -3.77. The van der Waals surface area contributed by atoms with Gasteiger partial charge in [-0.1, -0.05) is 42.0 Å². The molecule has 0 saturated carbocycles. The van der Waals surface area contributed by atoms with E-state index in [-0.39, 0.29) is 23.3 Å². The van der Waals surface area contributed by atoms with Crippen LogP contribution in [0, 0.1) is 18.6 Å². The first-order valence-electron chi connectivity index (χ1n) is 10.6. The molecule has 0 radical (unpaired) electrons. The van der Waals surface area contributed by atoms with Crippen LogP contribution in [-0.4, -0.2) is 10.8 Å². The number of aryl methyl sites for hydroxylation is 1. The van der Waals surface area contributed by atoms with E-state index in [0.717, 1.165) is 16.7 Å². The maximum absolute atomic E-state index is 13.7. The summed E-state index contributed by atoms with van der Waals surface area (Å²) < 4.78 is 32.8. The summed E-state index contributed by atoms with van der Waals surface area (Å²) in [6, 6.07) is 23.6. The van der Waals surface area contributed by atoms with Crippen LogP contribution in [0.2, 0.25) is 0 Å². The molecule has 1 N–H and O–H groups in total. The van der Waals surface area contributed by atoms with E-state index < -0.39 is 0 Å². The normalized spacial score (nSPS) is 11.0. The minimum Gasteiger partial charge on any atom is -0.455 e. The van der Waals surface area contributed by atoms with E-state index in [1.54, 1.807) is 30.3 Å². The van der Waals surface area contributed by atoms with E-state index in [1.807, 2.05) is 42.2 Å². The number of halogens is 2. The van der Waals surface area contributed by atoms with E-state index in [4.69, 9.17) is 4.42 Å². The maximum atomic E-state index is 13.7. The molecule has 0 saturated heterocycles. The van der Waals surface area contributed by atoms with Crippen LogP contribution in [0.1, 0.15) is 33.0 Å². The predicted molar refractivity (Wildman–Crippen MR) is 124 cm³/mol. The third-order valence-corrected chi connectivity index (χ3v) is 5.19. The fourth-order valence-corrected chi connectivity index (χ4v) is 3.54. The van der Waals surface area contributed by atoms with Crippen molar-refractivity contribution in [2.75, 3.05) is 5.32 Å². The van der Waals surface area contributed by atoms with Crippen LogP contribution in [0.25, 0.3) is 0 Å². The number of nitrogens with one attached hydrogen (secondary N) is 1. The summed E-state index contributed by atoms with van der Waals surface area (Å²) in [5.74, 6) is -0.131. The SMILES string of the molecule is Cc1ccc(NC(=O)c2ccc(CN(Cc3ccc(F)cc3)Cc3cccc(F)c3)o2)cc1. The number of amides is 1. The van der Waals surface area contributed by atoms with Gasteiger partial charge in [-0.15, -0.1) is 0 Å². The van der Waals surface area contributed by atoms with Crippen molar-refractivity contribution in [3.05, 3.63) is 125 Å². The molecule has 1 amide bonds. The number of carbonyl (C=O) groups is 1. The summed E-state index contributed by atoms with van der Waals surface area (Å²) in [5.41, 5.74) is 3.51. The zero-order valence-electron chi connectivity index (χ0n) is 18.2. The van der Waals surface area contributed by atoms with Crippen molar-refractivity contribution in [1.29, 1.82) is 0 Å². The predicted octanol–water partition coefficient (Wildman–Crippen LogP) is 6.32. The summed E-state index contributed by atoms with van der Waals surface area (Å²) in [4.78, 5) is 14.6. The van der Waals surface area contributed by atoms with E-state index in [1.165, 1.54) is 24.3 Å². The highest BCUT2D eigenvalue weighted by atomic mass is 19.1. The van der Waals surface area contributed by atoms with Crippen molar-refractivity contribution in [3.8, 4) is 0 Å². The molecule has 6 heteroatoms. The van der Waals surface area contributed by atoms with E-state index >= 15 is 0 Å². The third-order valence-electron chi connectivity index (χ3n) is 5.19. The van der Waals surface area contributed by atoms with Crippen LogP contribution < -0.4 is 5.32 Å². The molecule has 0 atom stereocenters. The smallest absolute Gasteiger partial charge is 0.291 e. The number of hydrogen-bond donors (Lipinski definition) is 1. The highest BCUT2D eigenvalue weighted by Gasteiger charge is 2.15. The molecule has 4 rings (SSSR count). The lowest BCUT2D eigenvalue weighted by atomic mass is 10.1. The Kier molecular flexibility index (Phi) is 6.95. The Morgan fingerprint density at radius 1 is 0.818 bits per heavy atom. The Bertz CT molecular complexity index is 1220. The molecule has 0 aliphatic rings. The molecule has 33 heavy (non-hydrogen) atoms. The van der Waals surface area contributed by atoms with Crippen molar-refractivity contribution >= 4 is 11.6 Å². The lowest BCUT2D eigenvalue weighted by molar-refractivity contribution is 0.0992. The molecule has 1 heterocycles. The number of anilines is 1.